The Kier molecular flexibility index (Phi) is 4.78. The highest BCUT2D eigenvalue weighted by Gasteiger charge is 2.10. The highest BCUT2D eigenvalue weighted by atomic mass is 35.5. The monoisotopic (exact) mass is 229 g/mol. The van der Waals surface area contributed by atoms with Gasteiger partial charge in [0.15, 0.2) is 0 Å². The van der Waals surface area contributed by atoms with Crippen LogP contribution in [0.25, 0.3) is 0 Å². The summed E-state index contributed by atoms with van der Waals surface area (Å²) in [4.78, 5) is 10.1. The SMILES string of the molecule is CCCN(CCO)c1nc(Cl)ncc1C. The molecule has 0 aliphatic carbocycles. The summed E-state index contributed by atoms with van der Waals surface area (Å²) in [5, 5.41) is 9.21. The van der Waals surface area contributed by atoms with Crippen LogP contribution in [0.5, 0.6) is 0 Å². The van der Waals surface area contributed by atoms with E-state index in [4.69, 9.17) is 16.7 Å². The van der Waals surface area contributed by atoms with Crippen molar-refractivity contribution in [2.24, 2.45) is 0 Å². The number of hydrogen-bond acceptors (Lipinski definition) is 4. The zero-order valence-electron chi connectivity index (χ0n) is 9.07. The summed E-state index contributed by atoms with van der Waals surface area (Å²) in [5.74, 6) is 0.811. The molecule has 0 bridgehead atoms. The molecule has 15 heavy (non-hydrogen) atoms. The summed E-state index contributed by atoms with van der Waals surface area (Å²) in [6.07, 6.45) is 2.70. The van der Waals surface area contributed by atoms with E-state index < -0.39 is 0 Å². The van der Waals surface area contributed by atoms with Gasteiger partial charge in [0.1, 0.15) is 5.82 Å². The van der Waals surface area contributed by atoms with Crippen molar-refractivity contribution >= 4 is 17.4 Å². The van der Waals surface area contributed by atoms with Gasteiger partial charge in [-0.05, 0) is 24.9 Å². The topological polar surface area (TPSA) is 49.2 Å². The second-order valence-corrected chi connectivity index (χ2v) is 3.69. The van der Waals surface area contributed by atoms with E-state index in [0.717, 1.165) is 24.3 Å². The standard InChI is InChI=1S/C10H16ClN3O/c1-3-4-14(5-6-15)9-8(2)7-12-10(11)13-9/h7,15H,3-6H2,1-2H3. The lowest BCUT2D eigenvalue weighted by Crippen LogP contribution is -2.29. The molecule has 1 heterocycles. The summed E-state index contributed by atoms with van der Waals surface area (Å²) < 4.78 is 0. The summed E-state index contributed by atoms with van der Waals surface area (Å²) in [5.41, 5.74) is 0.973. The average Bonchev–Trinajstić information content (AvgIpc) is 2.21. The van der Waals surface area contributed by atoms with Crippen LogP contribution in [0.4, 0.5) is 5.82 Å². The first-order valence-corrected chi connectivity index (χ1v) is 5.41. The molecule has 5 heteroatoms. The number of aromatic nitrogens is 2. The molecule has 0 saturated carbocycles. The molecule has 0 amide bonds. The summed E-state index contributed by atoms with van der Waals surface area (Å²) in [7, 11) is 0. The molecule has 0 atom stereocenters. The number of aryl methyl sites for hydroxylation is 1. The number of halogens is 1. The molecule has 1 aromatic rings. The fourth-order valence-electron chi connectivity index (χ4n) is 1.45. The minimum Gasteiger partial charge on any atom is -0.395 e. The molecule has 0 radical (unpaired) electrons. The van der Waals surface area contributed by atoms with E-state index in [0.29, 0.717) is 6.54 Å². The van der Waals surface area contributed by atoms with Gasteiger partial charge in [-0.25, -0.2) is 9.97 Å². The van der Waals surface area contributed by atoms with Crippen LogP contribution >= 0.6 is 11.6 Å². The smallest absolute Gasteiger partial charge is 0.224 e. The van der Waals surface area contributed by atoms with E-state index in [-0.39, 0.29) is 11.9 Å². The van der Waals surface area contributed by atoms with E-state index in [1.807, 2.05) is 11.8 Å². The fourth-order valence-corrected chi connectivity index (χ4v) is 1.58. The quantitative estimate of drug-likeness (QED) is 0.780. The average molecular weight is 230 g/mol. The fraction of sp³-hybridized carbons (Fsp3) is 0.600. The Balaban J connectivity index is 2.93. The van der Waals surface area contributed by atoms with Crippen LogP contribution in [0.15, 0.2) is 6.20 Å². The molecule has 4 nitrogen and oxygen atoms in total. The molecule has 0 aromatic carbocycles. The van der Waals surface area contributed by atoms with Crippen molar-refractivity contribution in [2.75, 3.05) is 24.6 Å². The molecule has 1 N–H and O–H groups in total. The molecule has 0 spiro atoms. The van der Waals surface area contributed by atoms with Crippen molar-refractivity contribution in [1.29, 1.82) is 0 Å². The van der Waals surface area contributed by atoms with Crippen molar-refractivity contribution in [3.8, 4) is 0 Å². The third kappa shape index (κ3) is 3.32. The number of hydrogen-bond donors (Lipinski definition) is 1. The van der Waals surface area contributed by atoms with Gasteiger partial charge in [-0.1, -0.05) is 6.92 Å². The first-order chi connectivity index (χ1) is 7.19. The Hall–Kier alpha value is -0.870. The van der Waals surface area contributed by atoms with Gasteiger partial charge in [0.05, 0.1) is 6.61 Å². The van der Waals surface area contributed by atoms with Crippen molar-refractivity contribution in [2.45, 2.75) is 20.3 Å². The number of anilines is 1. The molecule has 0 fully saturated rings. The number of nitrogens with zero attached hydrogens (tertiary/aromatic N) is 3. The second kappa shape index (κ2) is 5.88. The number of rotatable bonds is 5. The molecule has 1 aromatic heterocycles. The second-order valence-electron chi connectivity index (χ2n) is 3.36. The van der Waals surface area contributed by atoms with Gasteiger partial charge >= 0.3 is 0 Å². The lowest BCUT2D eigenvalue weighted by atomic mass is 10.3. The highest BCUT2D eigenvalue weighted by Crippen LogP contribution is 2.17. The third-order valence-electron chi connectivity index (χ3n) is 2.08. The third-order valence-corrected chi connectivity index (χ3v) is 2.26. The van der Waals surface area contributed by atoms with Crippen molar-refractivity contribution in [3.05, 3.63) is 17.0 Å². The number of aliphatic hydroxyl groups is 1. The molecule has 0 aliphatic rings. The van der Waals surface area contributed by atoms with E-state index in [9.17, 15) is 0 Å². The summed E-state index contributed by atoms with van der Waals surface area (Å²) >= 11 is 5.75. The van der Waals surface area contributed by atoms with Gasteiger partial charge in [0, 0.05) is 24.8 Å². The molecule has 0 aliphatic heterocycles. The lowest BCUT2D eigenvalue weighted by Gasteiger charge is -2.23. The minimum atomic E-state index is 0.112. The van der Waals surface area contributed by atoms with Crippen LogP contribution in [0.2, 0.25) is 5.28 Å². The normalized spacial score (nSPS) is 10.4. The van der Waals surface area contributed by atoms with Crippen molar-refractivity contribution in [3.63, 3.8) is 0 Å². The Morgan fingerprint density at radius 3 is 2.80 bits per heavy atom. The summed E-state index contributed by atoms with van der Waals surface area (Å²) in [6, 6.07) is 0. The maximum Gasteiger partial charge on any atom is 0.224 e. The van der Waals surface area contributed by atoms with Crippen LogP contribution in [-0.2, 0) is 0 Å². The number of aliphatic hydroxyl groups excluding tert-OH is 1. The molecular formula is C10H16ClN3O. The van der Waals surface area contributed by atoms with Crippen molar-refractivity contribution in [1.82, 2.24) is 9.97 Å². The zero-order valence-corrected chi connectivity index (χ0v) is 9.83. The van der Waals surface area contributed by atoms with Gasteiger partial charge in [-0.2, -0.15) is 0 Å². The van der Waals surface area contributed by atoms with Crippen LogP contribution in [0.3, 0.4) is 0 Å². The molecule has 0 saturated heterocycles. The van der Waals surface area contributed by atoms with Crippen molar-refractivity contribution < 1.29 is 5.11 Å². The van der Waals surface area contributed by atoms with Crippen LogP contribution in [0, 0.1) is 6.92 Å². The Morgan fingerprint density at radius 2 is 2.20 bits per heavy atom. The Morgan fingerprint density at radius 1 is 1.47 bits per heavy atom. The van der Waals surface area contributed by atoms with Gasteiger partial charge in [-0.15, -0.1) is 0 Å². The zero-order chi connectivity index (χ0) is 11.3. The predicted molar refractivity (Wildman–Crippen MR) is 61.4 cm³/mol. The lowest BCUT2D eigenvalue weighted by molar-refractivity contribution is 0.301. The Labute approximate surface area is 94.9 Å². The van der Waals surface area contributed by atoms with Gasteiger partial charge in [0.25, 0.3) is 0 Å². The first kappa shape index (κ1) is 12.2. The maximum atomic E-state index is 8.97. The molecular weight excluding hydrogens is 214 g/mol. The molecule has 0 unspecified atom stereocenters. The first-order valence-electron chi connectivity index (χ1n) is 5.04. The van der Waals surface area contributed by atoms with Gasteiger partial charge in [-0.3, -0.25) is 0 Å². The summed E-state index contributed by atoms with van der Waals surface area (Å²) in [6.45, 7) is 5.56. The molecule has 1 rings (SSSR count). The minimum absolute atomic E-state index is 0.112. The Bertz CT molecular complexity index is 314. The maximum absolute atomic E-state index is 8.97. The van der Waals surface area contributed by atoms with Crippen LogP contribution < -0.4 is 4.90 Å². The van der Waals surface area contributed by atoms with E-state index in [1.54, 1.807) is 6.20 Å². The predicted octanol–water partition coefficient (Wildman–Crippen LogP) is 1.65. The molecule has 84 valence electrons. The largest absolute Gasteiger partial charge is 0.395 e. The van der Waals surface area contributed by atoms with Crippen LogP contribution in [-0.4, -0.2) is 34.8 Å². The van der Waals surface area contributed by atoms with E-state index >= 15 is 0 Å². The highest BCUT2D eigenvalue weighted by molar-refractivity contribution is 6.28. The van der Waals surface area contributed by atoms with E-state index in [1.165, 1.54) is 0 Å². The van der Waals surface area contributed by atoms with E-state index in [2.05, 4.69) is 16.9 Å². The van der Waals surface area contributed by atoms with Gasteiger partial charge in [0.2, 0.25) is 5.28 Å². The van der Waals surface area contributed by atoms with Gasteiger partial charge < -0.3 is 10.0 Å². The van der Waals surface area contributed by atoms with Crippen LogP contribution in [0.1, 0.15) is 18.9 Å².